The predicted molar refractivity (Wildman–Crippen MR) is 96.1 cm³/mol. The minimum atomic E-state index is -0.514. The molecule has 25 heavy (non-hydrogen) atoms. The number of aromatic nitrogens is 2. The number of anilines is 3. The van der Waals surface area contributed by atoms with E-state index < -0.39 is 11.7 Å². The molecule has 2 aromatic carbocycles. The average Bonchev–Trinajstić information content (AvgIpc) is 2.61. The summed E-state index contributed by atoms with van der Waals surface area (Å²) >= 11 is 12.0. The smallest absolute Gasteiger partial charge is 0.275 e. The van der Waals surface area contributed by atoms with Gasteiger partial charge in [-0.1, -0.05) is 41.4 Å². The highest BCUT2D eigenvalue weighted by Gasteiger charge is 2.13. The summed E-state index contributed by atoms with van der Waals surface area (Å²) in [5.74, 6) is -0.628. The standard InChI is InChI=1S/C17H11Cl2FN4O/c18-10-4-3-5-11(19)16(10)24-17(25)14-8-22-15(9-21-14)23-13-7-2-1-6-12(13)20/h1-9H,(H,22,23)(H,24,25). The Morgan fingerprint density at radius 3 is 2.32 bits per heavy atom. The fourth-order valence-corrected chi connectivity index (χ4v) is 2.50. The van der Waals surface area contributed by atoms with Gasteiger partial charge in [-0.15, -0.1) is 0 Å². The third kappa shape index (κ3) is 4.04. The van der Waals surface area contributed by atoms with Crippen molar-refractivity contribution in [2.24, 2.45) is 0 Å². The van der Waals surface area contributed by atoms with Gasteiger partial charge in [-0.25, -0.2) is 14.4 Å². The molecule has 1 heterocycles. The number of benzene rings is 2. The van der Waals surface area contributed by atoms with Crippen molar-refractivity contribution in [3.8, 4) is 0 Å². The lowest BCUT2D eigenvalue weighted by Crippen LogP contribution is -2.15. The Kier molecular flexibility index (Phi) is 5.11. The lowest BCUT2D eigenvalue weighted by atomic mass is 10.3. The lowest BCUT2D eigenvalue weighted by molar-refractivity contribution is 0.102. The molecule has 0 radical (unpaired) electrons. The third-order valence-electron chi connectivity index (χ3n) is 3.22. The quantitative estimate of drug-likeness (QED) is 0.678. The molecule has 126 valence electrons. The van der Waals surface area contributed by atoms with Crippen LogP contribution >= 0.6 is 23.2 Å². The van der Waals surface area contributed by atoms with Crippen LogP contribution in [0.15, 0.2) is 54.9 Å². The van der Waals surface area contributed by atoms with E-state index >= 15 is 0 Å². The first-order chi connectivity index (χ1) is 12.0. The van der Waals surface area contributed by atoms with Gasteiger partial charge in [-0.3, -0.25) is 4.79 Å². The van der Waals surface area contributed by atoms with E-state index in [0.29, 0.717) is 21.6 Å². The average molecular weight is 377 g/mol. The number of amides is 1. The molecule has 0 bridgehead atoms. The first kappa shape index (κ1) is 17.1. The zero-order valence-corrected chi connectivity index (χ0v) is 14.1. The molecular formula is C17H11Cl2FN4O. The van der Waals surface area contributed by atoms with Crippen molar-refractivity contribution >= 4 is 46.3 Å². The molecule has 0 fully saturated rings. The van der Waals surface area contributed by atoms with Gasteiger partial charge in [0.2, 0.25) is 0 Å². The van der Waals surface area contributed by atoms with Crippen LogP contribution in [0.4, 0.5) is 21.6 Å². The van der Waals surface area contributed by atoms with Crippen LogP contribution < -0.4 is 10.6 Å². The molecule has 3 rings (SSSR count). The van der Waals surface area contributed by atoms with E-state index in [-0.39, 0.29) is 11.4 Å². The van der Waals surface area contributed by atoms with E-state index in [0.717, 1.165) is 0 Å². The Hall–Kier alpha value is -2.70. The number of para-hydroxylation sites is 2. The van der Waals surface area contributed by atoms with E-state index in [1.165, 1.54) is 18.5 Å². The van der Waals surface area contributed by atoms with Crippen LogP contribution in [-0.4, -0.2) is 15.9 Å². The Morgan fingerprint density at radius 2 is 1.68 bits per heavy atom. The molecule has 0 atom stereocenters. The summed E-state index contributed by atoms with van der Waals surface area (Å²) in [5.41, 5.74) is 0.623. The van der Waals surface area contributed by atoms with E-state index in [1.807, 2.05) is 0 Å². The Labute approximate surface area is 152 Å². The molecule has 5 nitrogen and oxygen atoms in total. The lowest BCUT2D eigenvalue weighted by Gasteiger charge is -2.09. The molecular weight excluding hydrogens is 366 g/mol. The Morgan fingerprint density at radius 1 is 0.960 bits per heavy atom. The largest absolute Gasteiger partial charge is 0.337 e. The molecule has 1 aromatic heterocycles. The van der Waals surface area contributed by atoms with Gasteiger partial charge in [0, 0.05) is 0 Å². The summed E-state index contributed by atoms with van der Waals surface area (Å²) in [4.78, 5) is 20.3. The summed E-state index contributed by atoms with van der Waals surface area (Å²) < 4.78 is 13.6. The topological polar surface area (TPSA) is 66.9 Å². The normalized spacial score (nSPS) is 10.4. The van der Waals surface area contributed by atoms with Gasteiger partial charge in [-0.2, -0.15) is 0 Å². The van der Waals surface area contributed by atoms with Gasteiger partial charge in [0.25, 0.3) is 5.91 Å². The zero-order valence-electron chi connectivity index (χ0n) is 12.6. The van der Waals surface area contributed by atoms with Gasteiger partial charge < -0.3 is 10.6 Å². The van der Waals surface area contributed by atoms with E-state index in [2.05, 4.69) is 20.6 Å². The Balaban J connectivity index is 1.74. The first-order valence-corrected chi connectivity index (χ1v) is 7.89. The second-order valence-electron chi connectivity index (χ2n) is 4.94. The maximum atomic E-state index is 13.6. The molecule has 0 saturated carbocycles. The van der Waals surface area contributed by atoms with Crippen molar-refractivity contribution in [2.45, 2.75) is 0 Å². The molecule has 3 aromatic rings. The minimum absolute atomic E-state index is 0.0649. The van der Waals surface area contributed by atoms with Crippen LogP contribution in [0.1, 0.15) is 10.5 Å². The van der Waals surface area contributed by atoms with Crippen molar-refractivity contribution in [1.82, 2.24) is 9.97 Å². The highest BCUT2D eigenvalue weighted by atomic mass is 35.5. The second kappa shape index (κ2) is 7.46. The third-order valence-corrected chi connectivity index (χ3v) is 3.85. The van der Waals surface area contributed by atoms with Crippen molar-refractivity contribution in [3.63, 3.8) is 0 Å². The number of hydrogen-bond donors (Lipinski definition) is 2. The van der Waals surface area contributed by atoms with Crippen LogP contribution in [0.5, 0.6) is 0 Å². The molecule has 0 aliphatic carbocycles. The van der Waals surface area contributed by atoms with Crippen LogP contribution in [-0.2, 0) is 0 Å². The molecule has 0 saturated heterocycles. The monoisotopic (exact) mass is 376 g/mol. The fourth-order valence-electron chi connectivity index (χ4n) is 2.01. The van der Waals surface area contributed by atoms with Crippen LogP contribution in [0, 0.1) is 5.82 Å². The highest BCUT2D eigenvalue weighted by molar-refractivity contribution is 6.39. The number of hydrogen-bond acceptors (Lipinski definition) is 4. The highest BCUT2D eigenvalue weighted by Crippen LogP contribution is 2.30. The van der Waals surface area contributed by atoms with Gasteiger partial charge in [-0.05, 0) is 24.3 Å². The van der Waals surface area contributed by atoms with E-state index in [4.69, 9.17) is 23.2 Å². The fraction of sp³-hybridized carbons (Fsp3) is 0. The van der Waals surface area contributed by atoms with Gasteiger partial charge >= 0.3 is 0 Å². The second-order valence-corrected chi connectivity index (χ2v) is 5.76. The molecule has 0 aliphatic rings. The molecule has 8 heteroatoms. The van der Waals surface area contributed by atoms with Crippen molar-refractivity contribution in [2.75, 3.05) is 10.6 Å². The number of carbonyl (C=O) groups excluding carboxylic acids is 1. The number of nitrogens with one attached hydrogen (secondary N) is 2. The number of rotatable bonds is 4. The number of halogens is 3. The van der Waals surface area contributed by atoms with Crippen molar-refractivity contribution in [1.29, 1.82) is 0 Å². The Bertz CT molecular complexity index is 899. The van der Waals surface area contributed by atoms with Crippen LogP contribution in [0.2, 0.25) is 10.0 Å². The van der Waals surface area contributed by atoms with Crippen LogP contribution in [0.3, 0.4) is 0 Å². The van der Waals surface area contributed by atoms with Gasteiger partial charge in [0.1, 0.15) is 17.3 Å². The van der Waals surface area contributed by atoms with E-state index in [9.17, 15) is 9.18 Å². The number of carbonyl (C=O) groups is 1. The SMILES string of the molecule is O=C(Nc1c(Cl)cccc1Cl)c1cnc(Nc2ccccc2F)cn1. The molecule has 0 spiro atoms. The summed E-state index contributed by atoms with van der Waals surface area (Å²) in [5, 5.41) is 5.99. The van der Waals surface area contributed by atoms with Gasteiger partial charge in [0.05, 0.1) is 33.8 Å². The molecule has 1 amide bonds. The number of nitrogens with zero attached hydrogens (tertiary/aromatic N) is 2. The van der Waals surface area contributed by atoms with E-state index in [1.54, 1.807) is 36.4 Å². The van der Waals surface area contributed by atoms with Crippen molar-refractivity contribution < 1.29 is 9.18 Å². The van der Waals surface area contributed by atoms with Crippen molar-refractivity contribution in [3.05, 3.63) is 76.4 Å². The van der Waals surface area contributed by atoms with Gasteiger partial charge in [0.15, 0.2) is 0 Å². The minimum Gasteiger partial charge on any atom is -0.337 e. The summed E-state index contributed by atoms with van der Waals surface area (Å²) in [6.45, 7) is 0. The molecule has 0 aliphatic heterocycles. The van der Waals surface area contributed by atoms with Crippen LogP contribution in [0.25, 0.3) is 0 Å². The maximum absolute atomic E-state index is 13.6. The molecule has 2 N–H and O–H groups in total. The zero-order chi connectivity index (χ0) is 17.8. The summed E-state index contributed by atoms with van der Waals surface area (Å²) in [7, 11) is 0. The summed E-state index contributed by atoms with van der Waals surface area (Å²) in [6, 6.07) is 11.0. The summed E-state index contributed by atoms with van der Waals surface area (Å²) in [6.07, 6.45) is 2.60. The molecule has 0 unspecified atom stereocenters. The maximum Gasteiger partial charge on any atom is 0.275 e. The predicted octanol–water partition coefficient (Wildman–Crippen LogP) is 4.92. The first-order valence-electron chi connectivity index (χ1n) is 7.13.